The van der Waals surface area contributed by atoms with Gasteiger partial charge in [-0.05, 0) is 30.3 Å². The van der Waals surface area contributed by atoms with Crippen LogP contribution in [0.1, 0.15) is 0 Å². The van der Waals surface area contributed by atoms with E-state index in [4.69, 9.17) is 17.3 Å². The number of para-hydroxylation sites is 1. The van der Waals surface area contributed by atoms with E-state index < -0.39 is 0 Å². The fourth-order valence-electron chi connectivity index (χ4n) is 2.13. The van der Waals surface area contributed by atoms with Gasteiger partial charge in [0.05, 0.1) is 11.4 Å². The van der Waals surface area contributed by atoms with Crippen molar-refractivity contribution in [2.45, 2.75) is 9.79 Å². The molecule has 0 aromatic heterocycles. The highest BCUT2D eigenvalue weighted by Crippen LogP contribution is 2.48. The Balaban J connectivity index is 2.16. The van der Waals surface area contributed by atoms with Gasteiger partial charge in [-0.15, -0.1) is 0 Å². The molecule has 1 amide bonds. The molecule has 2 aromatic carbocycles. The molecule has 0 saturated heterocycles. The fraction of sp³-hybridized carbons (Fsp3) is 0.0714. The predicted molar refractivity (Wildman–Crippen MR) is 78.2 cm³/mol. The number of carbonyl (C=O) groups is 1. The first-order chi connectivity index (χ1) is 9.15. The van der Waals surface area contributed by atoms with Gasteiger partial charge in [0.25, 0.3) is 0 Å². The number of primary amides is 1. The standard InChI is InChI=1S/C14H11ClN2OS/c15-9-5-6-13-11(7-9)17(8-14(16)18)10-3-1-2-4-12(10)19-13/h1-7H,8H2,(H2,16,18). The lowest BCUT2D eigenvalue weighted by Crippen LogP contribution is -2.31. The maximum atomic E-state index is 11.3. The first kappa shape index (κ1) is 12.4. The molecule has 1 aliphatic rings. The van der Waals surface area contributed by atoms with Gasteiger partial charge in [-0.1, -0.05) is 35.5 Å². The summed E-state index contributed by atoms with van der Waals surface area (Å²) in [6, 6.07) is 13.6. The minimum Gasteiger partial charge on any atom is -0.368 e. The maximum absolute atomic E-state index is 11.3. The largest absolute Gasteiger partial charge is 0.368 e. The molecule has 0 atom stereocenters. The second kappa shape index (κ2) is 4.79. The van der Waals surface area contributed by atoms with E-state index in [-0.39, 0.29) is 12.5 Å². The summed E-state index contributed by atoms with van der Waals surface area (Å²) in [6.45, 7) is 0.144. The molecule has 1 aliphatic heterocycles. The number of rotatable bonds is 2. The van der Waals surface area contributed by atoms with Crippen molar-refractivity contribution < 1.29 is 4.79 Å². The van der Waals surface area contributed by atoms with E-state index in [1.54, 1.807) is 11.8 Å². The highest BCUT2D eigenvalue weighted by atomic mass is 35.5. The smallest absolute Gasteiger partial charge is 0.237 e. The zero-order valence-corrected chi connectivity index (χ0v) is 11.5. The molecule has 2 aromatic rings. The lowest BCUT2D eigenvalue weighted by Gasteiger charge is -2.31. The number of hydrogen-bond donors (Lipinski definition) is 1. The molecule has 0 spiro atoms. The Labute approximate surface area is 120 Å². The van der Waals surface area contributed by atoms with Crippen LogP contribution in [-0.2, 0) is 4.79 Å². The summed E-state index contributed by atoms with van der Waals surface area (Å²) in [6.07, 6.45) is 0. The number of amides is 1. The second-order valence-electron chi connectivity index (χ2n) is 4.23. The molecule has 2 N–H and O–H groups in total. The monoisotopic (exact) mass is 290 g/mol. The third-order valence-electron chi connectivity index (χ3n) is 2.90. The van der Waals surface area contributed by atoms with Crippen LogP contribution in [-0.4, -0.2) is 12.5 Å². The van der Waals surface area contributed by atoms with Gasteiger partial charge >= 0.3 is 0 Å². The van der Waals surface area contributed by atoms with Crippen LogP contribution in [0.3, 0.4) is 0 Å². The van der Waals surface area contributed by atoms with Gasteiger partial charge in [0.1, 0.15) is 6.54 Å². The average Bonchev–Trinajstić information content (AvgIpc) is 2.39. The van der Waals surface area contributed by atoms with Crippen LogP contribution in [0.5, 0.6) is 0 Å². The predicted octanol–water partition coefficient (Wildman–Crippen LogP) is 3.43. The quantitative estimate of drug-likeness (QED) is 0.922. The van der Waals surface area contributed by atoms with Gasteiger partial charge in [0.2, 0.25) is 5.91 Å². The van der Waals surface area contributed by atoms with Crippen molar-refractivity contribution in [2.75, 3.05) is 11.4 Å². The molecule has 3 rings (SSSR count). The van der Waals surface area contributed by atoms with Crippen molar-refractivity contribution in [3.8, 4) is 0 Å². The Morgan fingerprint density at radius 1 is 1.16 bits per heavy atom. The van der Waals surface area contributed by atoms with Crippen LogP contribution in [0.4, 0.5) is 11.4 Å². The lowest BCUT2D eigenvalue weighted by molar-refractivity contribution is -0.116. The summed E-state index contributed by atoms with van der Waals surface area (Å²) in [4.78, 5) is 15.4. The number of halogens is 1. The average molecular weight is 291 g/mol. The van der Waals surface area contributed by atoms with Crippen molar-refractivity contribution >= 4 is 40.6 Å². The Morgan fingerprint density at radius 2 is 1.89 bits per heavy atom. The fourth-order valence-corrected chi connectivity index (χ4v) is 3.37. The van der Waals surface area contributed by atoms with E-state index >= 15 is 0 Å². The molecule has 3 nitrogen and oxygen atoms in total. The molecule has 0 bridgehead atoms. The Bertz CT molecular complexity index is 660. The number of nitrogens with zero attached hydrogens (tertiary/aromatic N) is 1. The molecule has 0 aliphatic carbocycles. The summed E-state index contributed by atoms with van der Waals surface area (Å²) >= 11 is 7.72. The molecule has 5 heteroatoms. The van der Waals surface area contributed by atoms with E-state index in [0.717, 1.165) is 21.2 Å². The zero-order chi connectivity index (χ0) is 13.4. The molecular weight excluding hydrogens is 280 g/mol. The molecule has 0 saturated carbocycles. The van der Waals surface area contributed by atoms with Gasteiger partial charge < -0.3 is 10.6 Å². The van der Waals surface area contributed by atoms with Crippen molar-refractivity contribution in [3.63, 3.8) is 0 Å². The number of benzene rings is 2. The van der Waals surface area contributed by atoms with Crippen molar-refractivity contribution in [1.82, 2.24) is 0 Å². The van der Waals surface area contributed by atoms with E-state index in [9.17, 15) is 4.79 Å². The number of fused-ring (bicyclic) bond motifs is 2. The van der Waals surface area contributed by atoms with Gasteiger partial charge in [-0.25, -0.2) is 0 Å². The zero-order valence-electron chi connectivity index (χ0n) is 9.97. The van der Waals surface area contributed by atoms with Gasteiger partial charge in [0.15, 0.2) is 0 Å². The van der Waals surface area contributed by atoms with Crippen LogP contribution in [0, 0.1) is 0 Å². The molecule has 96 valence electrons. The number of anilines is 2. The minimum absolute atomic E-state index is 0.144. The number of nitrogens with two attached hydrogens (primary N) is 1. The van der Waals surface area contributed by atoms with Crippen molar-refractivity contribution in [2.24, 2.45) is 5.73 Å². The van der Waals surface area contributed by atoms with Crippen LogP contribution < -0.4 is 10.6 Å². The van der Waals surface area contributed by atoms with E-state index in [2.05, 4.69) is 0 Å². The highest BCUT2D eigenvalue weighted by molar-refractivity contribution is 7.99. The van der Waals surface area contributed by atoms with E-state index in [1.165, 1.54) is 0 Å². The van der Waals surface area contributed by atoms with Crippen molar-refractivity contribution in [1.29, 1.82) is 0 Å². The maximum Gasteiger partial charge on any atom is 0.237 e. The third-order valence-corrected chi connectivity index (χ3v) is 4.27. The van der Waals surface area contributed by atoms with E-state index in [1.807, 2.05) is 47.4 Å². The molecule has 19 heavy (non-hydrogen) atoms. The molecule has 0 radical (unpaired) electrons. The minimum atomic E-state index is -0.368. The van der Waals surface area contributed by atoms with Crippen molar-refractivity contribution in [3.05, 3.63) is 47.5 Å². The number of carbonyl (C=O) groups excluding carboxylic acids is 1. The summed E-state index contributed by atoms with van der Waals surface area (Å²) in [7, 11) is 0. The Morgan fingerprint density at radius 3 is 2.68 bits per heavy atom. The first-order valence-corrected chi connectivity index (χ1v) is 6.97. The summed E-state index contributed by atoms with van der Waals surface area (Å²) in [5, 5.41) is 0.646. The van der Waals surface area contributed by atoms with Gasteiger partial charge in [-0.3, -0.25) is 4.79 Å². The lowest BCUT2D eigenvalue weighted by atomic mass is 10.2. The van der Waals surface area contributed by atoms with Crippen LogP contribution in [0.2, 0.25) is 5.02 Å². The normalized spacial score (nSPS) is 12.8. The summed E-state index contributed by atoms with van der Waals surface area (Å²) < 4.78 is 0. The van der Waals surface area contributed by atoms with Crippen LogP contribution in [0.25, 0.3) is 0 Å². The van der Waals surface area contributed by atoms with Crippen LogP contribution in [0.15, 0.2) is 52.3 Å². The van der Waals surface area contributed by atoms with Crippen LogP contribution >= 0.6 is 23.4 Å². The summed E-state index contributed by atoms with van der Waals surface area (Å²) in [5.41, 5.74) is 7.27. The first-order valence-electron chi connectivity index (χ1n) is 5.77. The van der Waals surface area contributed by atoms with Gasteiger partial charge in [-0.2, -0.15) is 0 Å². The second-order valence-corrected chi connectivity index (χ2v) is 5.75. The SMILES string of the molecule is NC(=O)CN1c2ccccc2Sc2ccc(Cl)cc21. The topological polar surface area (TPSA) is 46.3 Å². The molecule has 0 unspecified atom stereocenters. The van der Waals surface area contributed by atoms with E-state index in [0.29, 0.717) is 5.02 Å². The highest BCUT2D eigenvalue weighted by Gasteiger charge is 2.24. The molecule has 0 fully saturated rings. The third kappa shape index (κ3) is 2.29. The molecule has 1 heterocycles. The summed E-state index contributed by atoms with van der Waals surface area (Å²) in [5.74, 6) is -0.368. The molecular formula is C14H11ClN2OS. The Hall–Kier alpha value is -1.65. The number of hydrogen-bond acceptors (Lipinski definition) is 3. The Kier molecular flexibility index (Phi) is 3.12. The van der Waals surface area contributed by atoms with Gasteiger partial charge in [0, 0.05) is 14.8 Å².